The highest BCUT2D eigenvalue weighted by Gasteiger charge is 2.21. The molecule has 0 bridgehead atoms. The molecule has 6 nitrogen and oxygen atoms in total. The van der Waals surface area contributed by atoms with Crippen LogP contribution in [0.4, 0.5) is 4.39 Å². The molecular weight excluding hydrogens is 313 g/mol. The number of carbonyl (C=O) groups is 1. The first kappa shape index (κ1) is 16.3. The maximum absolute atomic E-state index is 13.5. The normalized spacial score (nSPS) is 12.2. The lowest BCUT2D eigenvalue weighted by Crippen LogP contribution is -2.28. The number of carboxylic acid groups (broad SMARTS) is 1. The topological polar surface area (TPSA) is 76.4 Å². The Morgan fingerprint density at radius 2 is 2.32 bits per heavy atom. The molecule has 0 saturated carbocycles. The standard InChI is InChI=1S/C14H15ClFN3O3/c1-19-7-9(13(18-19)22-2)6-17-12(14(20)21)8-3-4-10(15)11(16)5-8/h3-5,7,12,17H,6H2,1-2H3,(H,20,21). The fourth-order valence-corrected chi connectivity index (χ4v) is 2.18. The highest BCUT2D eigenvalue weighted by atomic mass is 35.5. The van der Waals surface area contributed by atoms with E-state index in [9.17, 15) is 14.3 Å². The molecule has 0 fully saturated rings. The number of aliphatic carboxylic acids is 1. The molecule has 1 heterocycles. The zero-order chi connectivity index (χ0) is 16.3. The van der Waals surface area contributed by atoms with Crippen molar-refractivity contribution in [2.45, 2.75) is 12.6 Å². The third kappa shape index (κ3) is 3.55. The molecule has 118 valence electrons. The first-order chi connectivity index (χ1) is 10.4. The number of nitrogens with one attached hydrogen (secondary N) is 1. The summed E-state index contributed by atoms with van der Waals surface area (Å²) < 4.78 is 20.2. The van der Waals surface area contributed by atoms with Crippen molar-refractivity contribution >= 4 is 17.6 Å². The van der Waals surface area contributed by atoms with Crippen LogP contribution in [-0.4, -0.2) is 28.0 Å². The van der Waals surface area contributed by atoms with Crippen molar-refractivity contribution in [1.29, 1.82) is 0 Å². The summed E-state index contributed by atoms with van der Waals surface area (Å²) in [7, 11) is 3.21. The molecular formula is C14H15ClFN3O3. The molecule has 0 spiro atoms. The molecule has 0 radical (unpaired) electrons. The second kappa shape index (κ2) is 6.76. The Hall–Kier alpha value is -2.12. The molecule has 1 atom stereocenters. The van der Waals surface area contributed by atoms with Crippen molar-refractivity contribution in [2.24, 2.45) is 7.05 Å². The van der Waals surface area contributed by atoms with E-state index >= 15 is 0 Å². The molecule has 0 aliphatic rings. The second-order valence-corrected chi connectivity index (χ2v) is 5.07. The van der Waals surface area contributed by atoms with Crippen molar-refractivity contribution in [3.8, 4) is 5.88 Å². The molecule has 1 aromatic carbocycles. The van der Waals surface area contributed by atoms with Crippen molar-refractivity contribution in [1.82, 2.24) is 15.1 Å². The number of benzene rings is 1. The Morgan fingerprint density at radius 1 is 1.59 bits per heavy atom. The van der Waals surface area contributed by atoms with Crippen molar-refractivity contribution < 1.29 is 19.0 Å². The van der Waals surface area contributed by atoms with Crippen LogP contribution in [0.1, 0.15) is 17.2 Å². The summed E-state index contributed by atoms with van der Waals surface area (Å²) in [4.78, 5) is 11.4. The number of ether oxygens (including phenoxy) is 1. The van der Waals surface area contributed by atoms with Gasteiger partial charge in [-0.3, -0.25) is 14.8 Å². The molecule has 0 aliphatic heterocycles. The molecule has 8 heteroatoms. The number of nitrogens with zero attached hydrogens (tertiary/aromatic N) is 2. The van der Waals surface area contributed by atoms with Crippen LogP contribution >= 0.6 is 11.6 Å². The highest BCUT2D eigenvalue weighted by Crippen LogP contribution is 2.22. The zero-order valence-corrected chi connectivity index (χ0v) is 12.8. The van der Waals surface area contributed by atoms with E-state index in [-0.39, 0.29) is 17.1 Å². The molecule has 0 amide bonds. The molecule has 2 aromatic rings. The van der Waals surface area contributed by atoms with E-state index in [4.69, 9.17) is 16.3 Å². The summed E-state index contributed by atoms with van der Waals surface area (Å²) in [5.74, 6) is -1.38. The molecule has 2 rings (SSSR count). The van der Waals surface area contributed by atoms with Gasteiger partial charge >= 0.3 is 5.97 Å². The van der Waals surface area contributed by atoms with Gasteiger partial charge in [-0.05, 0) is 17.7 Å². The molecule has 0 saturated heterocycles. The minimum absolute atomic E-state index is 0.0539. The molecule has 22 heavy (non-hydrogen) atoms. The minimum atomic E-state index is -1.12. The number of aryl methyl sites for hydroxylation is 1. The van der Waals surface area contributed by atoms with Crippen molar-refractivity contribution in [3.63, 3.8) is 0 Å². The van der Waals surface area contributed by atoms with Crippen LogP contribution in [0.2, 0.25) is 5.02 Å². The summed E-state index contributed by atoms with van der Waals surface area (Å²) in [6.45, 7) is 0.207. The Morgan fingerprint density at radius 3 is 2.91 bits per heavy atom. The largest absolute Gasteiger partial charge is 0.480 e. The molecule has 1 aromatic heterocycles. The van der Waals surface area contributed by atoms with E-state index in [1.165, 1.54) is 19.2 Å². The van der Waals surface area contributed by atoms with Gasteiger partial charge in [0.1, 0.15) is 11.9 Å². The van der Waals surface area contributed by atoms with Crippen LogP contribution in [0.25, 0.3) is 0 Å². The van der Waals surface area contributed by atoms with Gasteiger partial charge in [0.15, 0.2) is 0 Å². The Kier molecular flexibility index (Phi) is 4.99. The zero-order valence-electron chi connectivity index (χ0n) is 12.0. The summed E-state index contributed by atoms with van der Waals surface area (Å²) in [5.41, 5.74) is 0.975. The van der Waals surface area contributed by atoms with Gasteiger partial charge in [0.2, 0.25) is 5.88 Å². The van der Waals surface area contributed by atoms with E-state index in [0.29, 0.717) is 11.4 Å². The first-order valence-corrected chi connectivity index (χ1v) is 6.77. The van der Waals surface area contributed by atoms with E-state index < -0.39 is 17.8 Å². The summed E-state index contributed by atoms with van der Waals surface area (Å²) in [6.07, 6.45) is 1.72. The van der Waals surface area contributed by atoms with Crippen LogP contribution < -0.4 is 10.1 Å². The first-order valence-electron chi connectivity index (χ1n) is 6.40. The Bertz CT molecular complexity index is 690. The molecule has 0 aliphatic carbocycles. The van der Waals surface area contributed by atoms with Crippen LogP contribution in [-0.2, 0) is 18.4 Å². The number of hydrogen-bond acceptors (Lipinski definition) is 4. The Labute approximate surface area is 131 Å². The number of hydrogen-bond donors (Lipinski definition) is 2. The van der Waals surface area contributed by atoms with Gasteiger partial charge < -0.3 is 9.84 Å². The van der Waals surface area contributed by atoms with Crippen molar-refractivity contribution in [2.75, 3.05) is 7.11 Å². The van der Waals surface area contributed by atoms with Gasteiger partial charge in [-0.25, -0.2) is 4.39 Å². The van der Waals surface area contributed by atoms with Gasteiger partial charge in [0, 0.05) is 25.4 Å². The quantitative estimate of drug-likeness (QED) is 0.850. The van der Waals surface area contributed by atoms with Gasteiger partial charge in [-0.1, -0.05) is 17.7 Å². The van der Waals surface area contributed by atoms with Gasteiger partial charge in [0.25, 0.3) is 0 Å². The average Bonchev–Trinajstić information content (AvgIpc) is 2.82. The maximum Gasteiger partial charge on any atom is 0.325 e. The second-order valence-electron chi connectivity index (χ2n) is 4.66. The minimum Gasteiger partial charge on any atom is -0.480 e. The lowest BCUT2D eigenvalue weighted by molar-refractivity contribution is -0.139. The smallest absolute Gasteiger partial charge is 0.325 e. The SMILES string of the molecule is COc1nn(C)cc1CNC(C(=O)O)c1ccc(Cl)c(F)c1. The fourth-order valence-electron chi connectivity index (χ4n) is 2.06. The number of rotatable bonds is 6. The predicted molar refractivity (Wildman–Crippen MR) is 78.4 cm³/mol. The van der Waals surface area contributed by atoms with Crippen LogP contribution in [0.15, 0.2) is 24.4 Å². The number of halogens is 2. The van der Waals surface area contributed by atoms with Gasteiger partial charge in [-0.15, -0.1) is 5.10 Å². The lowest BCUT2D eigenvalue weighted by Gasteiger charge is -2.15. The molecule has 2 N–H and O–H groups in total. The number of aromatic nitrogens is 2. The summed E-state index contributed by atoms with van der Waals surface area (Å²) in [5, 5.41) is 16.2. The highest BCUT2D eigenvalue weighted by molar-refractivity contribution is 6.30. The third-order valence-electron chi connectivity index (χ3n) is 3.08. The predicted octanol–water partition coefficient (Wildman–Crippen LogP) is 2.14. The van der Waals surface area contributed by atoms with Crippen LogP contribution in [0.5, 0.6) is 5.88 Å². The van der Waals surface area contributed by atoms with Crippen LogP contribution in [0.3, 0.4) is 0 Å². The molecule has 1 unspecified atom stereocenters. The van der Waals surface area contributed by atoms with Gasteiger partial charge in [-0.2, -0.15) is 0 Å². The van der Waals surface area contributed by atoms with E-state index in [2.05, 4.69) is 10.4 Å². The lowest BCUT2D eigenvalue weighted by atomic mass is 10.1. The average molecular weight is 328 g/mol. The van der Waals surface area contributed by atoms with Crippen molar-refractivity contribution in [3.05, 3.63) is 46.4 Å². The Balaban J connectivity index is 2.18. The van der Waals surface area contributed by atoms with Gasteiger partial charge in [0.05, 0.1) is 12.1 Å². The van der Waals surface area contributed by atoms with E-state index in [0.717, 1.165) is 6.07 Å². The fraction of sp³-hybridized carbons (Fsp3) is 0.286. The monoisotopic (exact) mass is 327 g/mol. The number of carboxylic acids is 1. The van der Waals surface area contributed by atoms with Crippen LogP contribution in [0, 0.1) is 5.82 Å². The van der Waals surface area contributed by atoms with E-state index in [1.54, 1.807) is 17.9 Å². The van der Waals surface area contributed by atoms with E-state index in [1.807, 2.05) is 0 Å². The maximum atomic E-state index is 13.5. The summed E-state index contributed by atoms with van der Waals surface area (Å²) >= 11 is 5.61. The number of methoxy groups -OCH3 is 1. The third-order valence-corrected chi connectivity index (χ3v) is 3.39. The summed E-state index contributed by atoms with van der Waals surface area (Å²) in [6, 6.07) is 2.83.